The average Bonchev–Trinajstić information content (AvgIpc) is 3.01. The van der Waals surface area contributed by atoms with Gasteiger partial charge in [0.25, 0.3) is 5.91 Å². The number of nitrogens with one attached hydrogen (secondary N) is 1. The minimum Gasteiger partial charge on any atom is -0.348 e. The Morgan fingerprint density at radius 3 is 2.36 bits per heavy atom. The van der Waals surface area contributed by atoms with Gasteiger partial charge in [-0.2, -0.15) is 0 Å². The number of Topliss-reactive ketones (excluding diaryl/α,β-unsaturated/α-hetero) is 1. The third-order valence-corrected chi connectivity index (χ3v) is 5.16. The van der Waals surface area contributed by atoms with Crippen LogP contribution in [0.4, 0.5) is 9.18 Å². The average molecular weight is 385 g/mol. The van der Waals surface area contributed by atoms with Crippen molar-refractivity contribution in [1.82, 2.24) is 14.8 Å². The number of imide groups is 1. The van der Waals surface area contributed by atoms with E-state index in [-0.39, 0.29) is 18.1 Å². The van der Waals surface area contributed by atoms with E-state index in [0.717, 1.165) is 21.9 Å². The quantitative estimate of drug-likeness (QED) is 0.614. The van der Waals surface area contributed by atoms with Crippen LogP contribution in [0.1, 0.15) is 41.2 Å². The molecule has 2 aromatic rings. The highest BCUT2D eigenvalue weighted by Crippen LogP contribution is 2.20. The summed E-state index contributed by atoms with van der Waals surface area (Å²) in [6, 6.07) is 7.59. The number of ketones is 1. The molecule has 1 N–H and O–H groups in total. The van der Waals surface area contributed by atoms with Crippen molar-refractivity contribution in [2.45, 2.75) is 46.2 Å². The van der Waals surface area contributed by atoms with E-state index in [1.807, 2.05) is 18.4 Å². The number of aryl methyl sites for hydroxylation is 2. The molecular formula is C21H24FN3O3. The summed E-state index contributed by atoms with van der Waals surface area (Å²) in [7, 11) is 0. The monoisotopic (exact) mass is 385 g/mol. The van der Waals surface area contributed by atoms with Crippen LogP contribution < -0.4 is 5.32 Å². The Morgan fingerprint density at radius 1 is 1.14 bits per heavy atom. The summed E-state index contributed by atoms with van der Waals surface area (Å²) in [5.41, 5.74) is 2.21. The molecule has 148 valence electrons. The second-order valence-corrected chi connectivity index (χ2v) is 7.68. The van der Waals surface area contributed by atoms with E-state index in [2.05, 4.69) is 5.32 Å². The van der Waals surface area contributed by atoms with Gasteiger partial charge in [-0.15, -0.1) is 0 Å². The van der Waals surface area contributed by atoms with Gasteiger partial charge in [0.05, 0.1) is 6.54 Å². The molecule has 6 nitrogen and oxygen atoms in total. The van der Waals surface area contributed by atoms with Gasteiger partial charge in [-0.3, -0.25) is 14.5 Å². The third-order valence-electron chi connectivity index (χ3n) is 5.16. The fourth-order valence-electron chi connectivity index (χ4n) is 3.51. The van der Waals surface area contributed by atoms with Crippen LogP contribution in [0.5, 0.6) is 0 Å². The molecule has 28 heavy (non-hydrogen) atoms. The molecule has 0 spiro atoms. The Hall–Kier alpha value is -2.96. The molecular weight excluding hydrogens is 361 g/mol. The predicted molar refractivity (Wildman–Crippen MR) is 103 cm³/mol. The number of hydrogen-bond donors (Lipinski definition) is 1. The van der Waals surface area contributed by atoms with Crippen molar-refractivity contribution in [2.75, 3.05) is 6.54 Å². The van der Waals surface area contributed by atoms with Gasteiger partial charge >= 0.3 is 6.03 Å². The summed E-state index contributed by atoms with van der Waals surface area (Å²) in [5.74, 6) is -0.952. The first-order valence-corrected chi connectivity index (χ1v) is 9.18. The Balaban J connectivity index is 1.74. The molecule has 0 aliphatic carbocycles. The smallest absolute Gasteiger partial charge is 0.325 e. The lowest BCUT2D eigenvalue weighted by Gasteiger charge is -2.15. The highest BCUT2D eigenvalue weighted by molar-refractivity contribution is 6.11. The predicted octanol–water partition coefficient (Wildman–Crippen LogP) is 3.00. The molecule has 1 fully saturated rings. The maximum Gasteiger partial charge on any atom is 0.325 e. The number of nitrogens with zero attached hydrogens (tertiary/aromatic N) is 2. The molecule has 1 aliphatic rings. The van der Waals surface area contributed by atoms with E-state index in [1.54, 1.807) is 32.0 Å². The molecule has 0 unspecified atom stereocenters. The zero-order valence-electron chi connectivity index (χ0n) is 16.5. The van der Waals surface area contributed by atoms with Gasteiger partial charge in [-0.1, -0.05) is 12.1 Å². The SMILES string of the molecule is Cc1cc(C(=O)CN2C(=O)NC(C)(C)C2=O)c(C)n1CCc1ccc(F)cc1. The zero-order chi connectivity index (χ0) is 20.6. The van der Waals surface area contributed by atoms with Crippen molar-refractivity contribution in [2.24, 2.45) is 0 Å². The fraction of sp³-hybridized carbons (Fsp3) is 0.381. The van der Waals surface area contributed by atoms with Crippen LogP contribution in [0.2, 0.25) is 0 Å². The number of urea groups is 1. The molecule has 0 atom stereocenters. The maximum atomic E-state index is 13.0. The fourth-order valence-corrected chi connectivity index (χ4v) is 3.51. The van der Waals surface area contributed by atoms with Gasteiger partial charge in [-0.05, 0) is 57.9 Å². The van der Waals surface area contributed by atoms with Crippen LogP contribution in [-0.2, 0) is 17.8 Å². The topological polar surface area (TPSA) is 71.4 Å². The first-order valence-electron chi connectivity index (χ1n) is 9.18. The Morgan fingerprint density at radius 2 is 1.79 bits per heavy atom. The number of carbonyl (C=O) groups excluding carboxylic acids is 3. The molecule has 7 heteroatoms. The van der Waals surface area contributed by atoms with Crippen LogP contribution in [0.15, 0.2) is 30.3 Å². The van der Waals surface area contributed by atoms with E-state index >= 15 is 0 Å². The summed E-state index contributed by atoms with van der Waals surface area (Å²) in [6.07, 6.45) is 0.700. The van der Waals surface area contributed by atoms with E-state index in [1.165, 1.54) is 12.1 Å². The molecule has 1 aliphatic heterocycles. The summed E-state index contributed by atoms with van der Waals surface area (Å²) in [4.78, 5) is 38.1. The van der Waals surface area contributed by atoms with Gasteiger partial charge in [0.1, 0.15) is 11.4 Å². The van der Waals surface area contributed by atoms with E-state index in [0.29, 0.717) is 18.5 Å². The normalized spacial score (nSPS) is 15.8. The van der Waals surface area contributed by atoms with Gasteiger partial charge in [0.2, 0.25) is 0 Å². The Labute approximate surface area is 163 Å². The number of benzene rings is 1. The van der Waals surface area contributed by atoms with E-state index in [4.69, 9.17) is 0 Å². The second-order valence-electron chi connectivity index (χ2n) is 7.68. The van der Waals surface area contributed by atoms with Crippen molar-refractivity contribution in [3.05, 3.63) is 58.7 Å². The lowest BCUT2D eigenvalue weighted by molar-refractivity contribution is -0.129. The van der Waals surface area contributed by atoms with Crippen molar-refractivity contribution >= 4 is 17.7 Å². The van der Waals surface area contributed by atoms with Crippen molar-refractivity contribution in [3.63, 3.8) is 0 Å². The number of halogens is 1. The van der Waals surface area contributed by atoms with E-state index in [9.17, 15) is 18.8 Å². The summed E-state index contributed by atoms with van der Waals surface area (Å²) in [5, 5.41) is 2.58. The minimum atomic E-state index is -0.997. The highest BCUT2D eigenvalue weighted by atomic mass is 19.1. The molecule has 1 aromatic carbocycles. The number of aromatic nitrogens is 1. The van der Waals surface area contributed by atoms with Crippen molar-refractivity contribution in [1.29, 1.82) is 0 Å². The van der Waals surface area contributed by atoms with Gasteiger partial charge in [-0.25, -0.2) is 9.18 Å². The maximum absolute atomic E-state index is 13.0. The number of rotatable bonds is 6. The summed E-state index contributed by atoms with van der Waals surface area (Å²) >= 11 is 0. The van der Waals surface area contributed by atoms with Gasteiger partial charge < -0.3 is 9.88 Å². The molecule has 3 amide bonds. The van der Waals surface area contributed by atoms with Crippen molar-refractivity contribution < 1.29 is 18.8 Å². The summed E-state index contributed by atoms with van der Waals surface area (Å²) < 4.78 is 15.1. The molecule has 2 heterocycles. The van der Waals surface area contributed by atoms with Crippen LogP contribution >= 0.6 is 0 Å². The zero-order valence-corrected chi connectivity index (χ0v) is 16.5. The molecule has 1 saturated heterocycles. The molecule has 1 aromatic heterocycles. The van der Waals surface area contributed by atoms with Gasteiger partial charge in [0.15, 0.2) is 5.78 Å². The first-order chi connectivity index (χ1) is 13.1. The molecule has 0 radical (unpaired) electrons. The van der Waals surface area contributed by atoms with Crippen LogP contribution in [0, 0.1) is 19.7 Å². The highest BCUT2D eigenvalue weighted by Gasteiger charge is 2.45. The first kappa shape index (κ1) is 19.8. The third kappa shape index (κ3) is 3.69. The lowest BCUT2D eigenvalue weighted by Crippen LogP contribution is -2.41. The molecule has 0 bridgehead atoms. The second kappa shape index (κ2) is 7.22. The lowest BCUT2D eigenvalue weighted by atomic mass is 10.1. The molecule has 3 rings (SSSR count). The van der Waals surface area contributed by atoms with Crippen LogP contribution in [0.25, 0.3) is 0 Å². The number of amides is 3. The standard InChI is InChI=1S/C21H24FN3O3/c1-13-11-17(18(26)12-25-19(27)21(3,4)23-20(25)28)14(2)24(13)10-9-15-5-7-16(22)8-6-15/h5-8,11H,9-10,12H2,1-4H3,(H,23,28). The van der Waals surface area contributed by atoms with Crippen LogP contribution in [0.3, 0.4) is 0 Å². The van der Waals surface area contributed by atoms with Crippen molar-refractivity contribution in [3.8, 4) is 0 Å². The Bertz CT molecular complexity index is 945. The van der Waals surface area contributed by atoms with Gasteiger partial charge in [0, 0.05) is 23.5 Å². The summed E-state index contributed by atoms with van der Waals surface area (Å²) in [6.45, 7) is 7.34. The Kier molecular flexibility index (Phi) is 5.10. The number of carbonyl (C=O) groups is 3. The largest absolute Gasteiger partial charge is 0.348 e. The van der Waals surface area contributed by atoms with E-state index < -0.39 is 17.5 Å². The molecule has 0 saturated carbocycles. The number of hydrogen-bond acceptors (Lipinski definition) is 3. The minimum absolute atomic E-state index is 0.270. The van der Waals surface area contributed by atoms with Crippen LogP contribution in [-0.4, -0.2) is 39.3 Å².